The molecule has 21 heavy (non-hydrogen) atoms. The first-order valence-corrected chi connectivity index (χ1v) is 6.89. The molecule has 2 N–H and O–H groups in total. The van der Waals surface area contributed by atoms with E-state index in [9.17, 15) is 4.79 Å². The lowest BCUT2D eigenvalue weighted by Gasteiger charge is -2.08. The summed E-state index contributed by atoms with van der Waals surface area (Å²) in [6, 6.07) is 9.35. The summed E-state index contributed by atoms with van der Waals surface area (Å²) in [5.74, 6) is -0.169. The number of nitrogens with one attached hydrogen (secondary N) is 2. The van der Waals surface area contributed by atoms with Gasteiger partial charge >= 0.3 is 0 Å². The summed E-state index contributed by atoms with van der Waals surface area (Å²) in [6.07, 6.45) is 4.85. The highest BCUT2D eigenvalue weighted by Crippen LogP contribution is 2.13. The summed E-state index contributed by atoms with van der Waals surface area (Å²) in [5.41, 5.74) is 2.40. The molecule has 108 valence electrons. The normalized spacial score (nSPS) is 9.95. The van der Waals surface area contributed by atoms with Crippen molar-refractivity contribution >= 4 is 23.2 Å². The first-order valence-electron chi connectivity index (χ1n) is 6.51. The van der Waals surface area contributed by atoms with Crippen molar-refractivity contribution in [2.24, 2.45) is 0 Å². The SMILES string of the molecule is C=CCNC(=O)c1cncc(NCc2ccc(Cl)cc2)c1. The van der Waals surface area contributed by atoms with E-state index in [1.54, 1.807) is 18.3 Å². The van der Waals surface area contributed by atoms with Crippen molar-refractivity contribution < 1.29 is 4.79 Å². The van der Waals surface area contributed by atoms with Crippen molar-refractivity contribution in [3.05, 3.63) is 71.5 Å². The Kier molecular flexibility index (Phi) is 5.35. The van der Waals surface area contributed by atoms with Gasteiger partial charge < -0.3 is 10.6 Å². The summed E-state index contributed by atoms with van der Waals surface area (Å²) in [5, 5.41) is 6.65. The van der Waals surface area contributed by atoms with Gasteiger partial charge in [-0.25, -0.2) is 0 Å². The van der Waals surface area contributed by atoms with Crippen LogP contribution in [0.4, 0.5) is 5.69 Å². The third kappa shape index (κ3) is 4.61. The Labute approximate surface area is 128 Å². The van der Waals surface area contributed by atoms with Crippen LogP contribution in [0.25, 0.3) is 0 Å². The molecule has 1 amide bonds. The minimum absolute atomic E-state index is 0.169. The Hall–Kier alpha value is -2.33. The van der Waals surface area contributed by atoms with Gasteiger partial charge in [0.1, 0.15) is 0 Å². The average Bonchev–Trinajstić information content (AvgIpc) is 2.52. The third-order valence-corrected chi connectivity index (χ3v) is 3.07. The number of nitrogens with zero attached hydrogens (tertiary/aromatic N) is 1. The van der Waals surface area contributed by atoms with E-state index in [1.807, 2.05) is 24.3 Å². The number of benzene rings is 1. The number of hydrogen-bond donors (Lipinski definition) is 2. The Bertz CT molecular complexity index is 626. The molecule has 4 nitrogen and oxygen atoms in total. The van der Waals surface area contributed by atoms with Crippen molar-refractivity contribution in [1.29, 1.82) is 0 Å². The van der Waals surface area contributed by atoms with Crippen LogP contribution in [0.1, 0.15) is 15.9 Å². The summed E-state index contributed by atoms with van der Waals surface area (Å²) in [6.45, 7) is 4.63. The molecular formula is C16H16ClN3O. The molecule has 0 saturated carbocycles. The maximum atomic E-state index is 11.8. The van der Waals surface area contributed by atoms with Gasteiger partial charge in [-0.1, -0.05) is 29.8 Å². The Balaban J connectivity index is 1.99. The molecule has 0 aliphatic heterocycles. The van der Waals surface area contributed by atoms with Crippen LogP contribution in [-0.4, -0.2) is 17.4 Å². The van der Waals surface area contributed by atoms with E-state index < -0.39 is 0 Å². The standard InChI is InChI=1S/C16H16ClN3O/c1-2-7-19-16(21)13-8-15(11-18-10-13)20-9-12-3-5-14(17)6-4-12/h2-6,8,10-11,20H,1,7,9H2,(H,19,21). The fourth-order valence-electron chi connectivity index (χ4n) is 1.73. The van der Waals surface area contributed by atoms with E-state index in [-0.39, 0.29) is 5.91 Å². The maximum Gasteiger partial charge on any atom is 0.253 e. The number of aromatic nitrogens is 1. The Morgan fingerprint density at radius 1 is 1.29 bits per heavy atom. The highest BCUT2D eigenvalue weighted by atomic mass is 35.5. The van der Waals surface area contributed by atoms with Crippen molar-refractivity contribution in [3.8, 4) is 0 Å². The molecule has 0 atom stereocenters. The number of rotatable bonds is 6. The first kappa shape index (κ1) is 15.1. The van der Waals surface area contributed by atoms with Gasteiger partial charge in [-0.2, -0.15) is 0 Å². The molecule has 0 aliphatic carbocycles. The molecule has 0 spiro atoms. The molecule has 0 aliphatic rings. The van der Waals surface area contributed by atoms with Crippen molar-refractivity contribution in [2.75, 3.05) is 11.9 Å². The van der Waals surface area contributed by atoms with E-state index in [0.717, 1.165) is 11.3 Å². The fourth-order valence-corrected chi connectivity index (χ4v) is 1.86. The molecule has 0 radical (unpaired) electrons. The molecule has 0 bridgehead atoms. The monoisotopic (exact) mass is 301 g/mol. The van der Waals surface area contributed by atoms with Crippen LogP contribution in [0.15, 0.2) is 55.4 Å². The molecule has 1 aromatic carbocycles. The Morgan fingerprint density at radius 3 is 2.76 bits per heavy atom. The molecule has 2 rings (SSSR count). The van der Waals surface area contributed by atoms with Crippen LogP contribution in [-0.2, 0) is 6.54 Å². The van der Waals surface area contributed by atoms with E-state index in [0.29, 0.717) is 23.7 Å². The van der Waals surface area contributed by atoms with Crippen LogP contribution >= 0.6 is 11.6 Å². The smallest absolute Gasteiger partial charge is 0.253 e. The molecule has 1 aromatic heterocycles. The Morgan fingerprint density at radius 2 is 2.05 bits per heavy atom. The molecule has 0 fully saturated rings. The van der Waals surface area contributed by atoms with Gasteiger partial charge in [-0.3, -0.25) is 9.78 Å². The van der Waals surface area contributed by atoms with Crippen molar-refractivity contribution in [1.82, 2.24) is 10.3 Å². The highest BCUT2D eigenvalue weighted by Gasteiger charge is 2.05. The first-order chi connectivity index (χ1) is 10.2. The van der Waals surface area contributed by atoms with Crippen LogP contribution in [0.3, 0.4) is 0 Å². The molecule has 5 heteroatoms. The second kappa shape index (κ2) is 7.45. The van der Waals surface area contributed by atoms with Crippen LogP contribution in [0.2, 0.25) is 5.02 Å². The maximum absolute atomic E-state index is 11.8. The molecular weight excluding hydrogens is 286 g/mol. The van der Waals surface area contributed by atoms with Gasteiger partial charge in [0, 0.05) is 30.5 Å². The third-order valence-electron chi connectivity index (χ3n) is 2.82. The predicted molar refractivity (Wildman–Crippen MR) is 85.5 cm³/mol. The minimum atomic E-state index is -0.169. The lowest BCUT2D eigenvalue weighted by Crippen LogP contribution is -2.23. The van der Waals surface area contributed by atoms with E-state index in [2.05, 4.69) is 22.2 Å². The van der Waals surface area contributed by atoms with Crippen molar-refractivity contribution in [3.63, 3.8) is 0 Å². The largest absolute Gasteiger partial charge is 0.380 e. The zero-order valence-corrected chi connectivity index (χ0v) is 12.2. The summed E-state index contributed by atoms with van der Waals surface area (Å²) in [7, 11) is 0. The zero-order valence-electron chi connectivity index (χ0n) is 11.5. The topological polar surface area (TPSA) is 54.0 Å². The van der Waals surface area contributed by atoms with Gasteiger partial charge in [-0.05, 0) is 23.8 Å². The number of amides is 1. The number of hydrogen-bond acceptors (Lipinski definition) is 3. The summed E-state index contributed by atoms with van der Waals surface area (Å²) in [4.78, 5) is 15.9. The minimum Gasteiger partial charge on any atom is -0.380 e. The second-order valence-corrected chi connectivity index (χ2v) is 4.88. The van der Waals surface area contributed by atoms with E-state index in [4.69, 9.17) is 11.6 Å². The van der Waals surface area contributed by atoms with Crippen LogP contribution in [0, 0.1) is 0 Å². The summed E-state index contributed by atoms with van der Waals surface area (Å²) >= 11 is 5.84. The number of halogens is 1. The van der Waals surface area contributed by atoms with E-state index >= 15 is 0 Å². The number of carbonyl (C=O) groups excluding carboxylic acids is 1. The number of pyridine rings is 1. The van der Waals surface area contributed by atoms with Gasteiger partial charge in [0.2, 0.25) is 0 Å². The van der Waals surface area contributed by atoms with Crippen LogP contribution < -0.4 is 10.6 Å². The second-order valence-electron chi connectivity index (χ2n) is 4.44. The van der Waals surface area contributed by atoms with Gasteiger partial charge in [0.05, 0.1) is 11.3 Å². The predicted octanol–water partition coefficient (Wildman–Crippen LogP) is 3.26. The van der Waals surface area contributed by atoms with Gasteiger partial charge in [0.25, 0.3) is 5.91 Å². The fraction of sp³-hybridized carbons (Fsp3) is 0.125. The molecule has 0 unspecified atom stereocenters. The van der Waals surface area contributed by atoms with Crippen molar-refractivity contribution in [2.45, 2.75) is 6.54 Å². The quantitative estimate of drug-likeness (QED) is 0.805. The molecule has 0 saturated heterocycles. The van der Waals surface area contributed by atoms with Gasteiger partial charge in [-0.15, -0.1) is 6.58 Å². The van der Waals surface area contributed by atoms with Gasteiger partial charge in [0.15, 0.2) is 0 Å². The highest BCUT2D eigenvalue weighted by molar-refractivity contribution is 6.30. The number of anilines is 1. The number of carbonyl (C=O) groups is 1. The molecule has 1 heterocycles. The summed E-state index contributed by atoms with van der Waals surface area (Å²) < 4.78 is 0. The average molecular weight is 302 g/mol. The molecule has 2 aromatic rings. The zero-order chi connectivity index (χ0) is 15.1. The van der Waals surface area contributed by atoms with E-state index in [1.165, 1.54) is 6.20 Å². The lowest BCUT2D eigenvalue weighted by molar-refractivity contribution is 0.0957. The van der Waals surface area contributed by atoms with Crippen LogP contribution in [0.5, 0.6) is 0 Å². The lowest BCUT2D eigenvalue weighted by atomic mass is 10.2.